The molecule has 216 valence electrons. The first-order valence-electron chi connectivity index (χ1n) is 13.6. The van der Waals surface area contributed by atoms with Crippen LogP contribution < -0.4 is 15.4 Å². The van der Waals surface area contributed by atoms with E-state index in [1.165, 1.54) is 29.2 Å². The highest BCUT2D eigenvalue weighted by Crippen LogP contribution is 2.35. The van der Waals surface area contributed by atoms with Gasteiger partial charge in [0.25, 0.3) is 5.91 Å². The van der Waals surface area contributed by atoms with E-state index in [-0.39, 0.29) is 54.7 Å². The molecule has 0 saturated carbocycles. The van der Waals surface area contributed by atoms with Crippen LogP contribution in [0.25, 0.3) is 0 Å². The smallest absolute Gasteiger partial charge is 0.321 e. The van der Waals surface area contributed by atoms with Crippen molar-refractivity contribution in [1.82, 2.24) is 9.80 Å². The monoisotopic (exact) mass is 556 g/mol. The van der Waals surface area contributed by atoms with E-state index in [0.717, 1.165) is 0 Å². The minimum Gasteiger partial charge on any atom is -0.485 e. The van der Waals surface area contributed by atoms with E-state index in [4.69, 9.17) is 9.47 Å². The number of aliphatic hydroxyl groups excluding tert-OH is 1. The van der Waals surface area contributed by atoms with Crippen molar-refractivity contribution in [3.05, 3.63) is 53.8 Å². The van der Waals surface area contributed by atoms with Gasteiger partial charge in [0.1, 0.15) is 11.9 Å². The largest absolute Gasteiger partial charge is 0.485 e. The second-order valence-electron chi connectivity index (χ2n) is 10.5. The number of rotatable bonds is 7. The lowest BCUT2D eigenvalue weighted by atomic mass is 9.98. The standard InChI is InChI=1S/C29H37FN4O6/c1-18-15-34(19(2)17-35)28(37)23-5-4-6-24(32-27(36)20-11-13-39-14-12-20)26(23)40-25(18)16-33(3)29(38)31-22-9-7-21(30)8-10-22/h4-10,18-20,25,35H,11-17H2,1-3H3,(H,31,38)(H,32,36)/t18-,19+,25+/m1/s1. The molecule has 2 aliphatic heterocycles. The molecule has 3 N–H and O–H groups in total. The number of nitrogens with zero attached hydrogens (tertiary/aromatic N) is 2. The number of para-hydroxylation sites is 1. The Labute approximate surface area is 233 Å². The summed E-state index contributed by atoms with van der Waals surface area (Å²) in [5, 5.41) is 15.6. The molecule has 4 amide bonds. The van der Waals surface area contributed by atoms with Gasteiger partial charge in [0.15, 0.2) is 5.75 Å². The number of halogens is 1. The van der Waals surface area contributed by atoms with Crippen LogP contribution in [0, 0.1) is 17.7 Å². The van der Waals surface area contributed by atoms with Crippen molar-refractivity contribution in [3.8, 4) is 5.75 Å². The van der Waals surface area contributed by atoms with Crippen LogP contribution in [0.1, 0.15) is 37.0 Å². The maximum absolute atomic E-state index is 13.6. The van der Waals surface area contributed by atoms with Crippen LogP contribution in [-0.4, -0.2) is 84.9 Å². The van der Waals surface area contributed by atoms with Crippen molar-refractivity contribution in [3.63, 3.8) is 0 Å². The maximum atomic E-state index is 13.6. The Kier molecular flexibility index (Phi) is 9.59. The van der Waals surface area contributed by atoms with Crippen molar-refractivity contribution in [2.24, 2.45) is 11.8 Å². The molecule has 2 aliphatic rings. The molecule has 2 aromatic carbocycles. The van der Waals surface area contributed by atoms with Crippen molar-refractivity contribution in [1.29, 1.82) is 0 Å². The molecule has 0 radical (unpaired) electrons. The SMILES string of the molecule is C[C@@H]1CN([C@@H](C)CO)C(=O)c2cccc(NC(=O)C3CCOCC3)c2O[C@H]1CN(C)C(=O)Nc1ccc(F)cc1. The van der Waals surface area contributed by atoms with Gasteiger partial charge in [-0.25, -0.2) is 9.18 Å². The lowest BCUT2D eigenvalue weighted by Gasteiger charge is -2.38. The average Bonchev–Trinajstić information content (AvgIpc) is 2.96. The van der Waals surface area contributed by atoms with Gasteiger partial charge in [0, 0.05) is 44.3 Å². The Morgan fingerprint density at radius 2 is 1.85 bits per heavy atom. The lowest BCUT2D eigenvalue weighted by molar-refractivity contribution is -0.122. The number of fused-ring (bicyclic) bond motifs is 1. The quantitative estimate of drug-likeness (QED) is 0.480. The Morgan fingerprint density at radius 3 is 2.52 bits per heavy atom. The molecule has 3 atom stereocenters. The van der Waals surface area contributed by atoms with Crippen LogP contribution in [-0.2, 0) is 9.53 Å². The van der Waals surface area contributed by atoms with E-state index in [1.807, 2.05) is 6.92 Å². The number of hydrogen-bond acceptors (Lipinski definition) is 6. The predicted molar refractivity (Wildman–Crippen MR) is 148 cm³/mol. The number of carbonyl (C=O) groups excluding carboxylic acids is 3. The van der Waals surface area contributed by atoms with Crippen LogP contribution in [0.15, 0.2) is 42.5 Å². The van der Waals surface area contributed by atoms with Crippen LogP contribution >= 0.6 is 0 Å². The highest BCUT2D eigenvalue weighted by Gasteiger charge is 2.35. The van der Waals surface area contributed by atoms with Crippen LogP contribution in [0.5, 0.6) is 5.75 Å². The van der Waals surface area contributed by atoms with E-state index in [9.17, 15) is 23.9 Å². The van der Waals surface area contributed by atoms with E-state index >= 15 is 0 Å². The van der Waals surface area contributed by atoms with Gasteiger partial charge in [-0.2, -0.15) is 0 Å². The van der Waals surface area contributed by atoms with Crippen molar-refractivity contribution >= 4 is 29.2 Å². The minimum atomic E-state index is -0.564. The molecule has 2 aromatic rings. The number of ether oxygens (including phenoxy) is 2. The number of urea groups is 1. The molecule has 2 heterocycles. The third-order valence-corrected chi connectivity index (χ3v) is 7.44. The summed E-state index contributed by atoms with van der Waals surface area (Å²) in [6.07, 6.45) is 0.650. The lowest BCUT2D eigenvalue weighted by Crippen LogP contribution is -2.50. The number of aliphatic hydroxyl groups is 1. The van der Waals surface area contributed by atoms with Gasteiger partial charge < -0.3 is 35.0 Å². The summed E-state index contributed by atoms with van der Waals surface area (Å²) in [4.78, 5) is 42.7. The topological polar surface area (TPSA) is 120 Å². The zero-order chi connectivity index (χ0) is 28.8. The highest BCUT2D eigenvalue weighted by molar-refractivity contribution is 6.02. The minimum absolute atomic E-state index is 0.158. The molecule has 0 bridgehead atoms. The third-order valence-electron chi connectivity index (χ3n) is 7.44. The molecule has 0 spiro atoms. The molecule has 4 rings (SSSR count). The highest BCUT2D eigenvalue weighted by atomic mass is 19.1. The fraction of sp³-hybridized carbons (Fsp3) is 0.483. The number of anilines is 2. The first-order chi connectivity index (χ1) is 19.2. The van der Waals surface area contributed by atoms with E-state index in [2.05, 4.69) is 10.6 Å². The molecule has 1 saturated heterocycles. The van der Waals surface area contributed by atoms with E-state index < -0.39 is 24.0 Å². The zero-order valence-electron chi connectivity index (χ0n) is 23.1. The molecule has 0 aromatic heterocycles. The second-order valence-corrected chi connectivity index (χ2v) is 10.5. The number of nitrogens with one attached hydrogen (secondary N) is 2. The fourth-order valence-electron chi connectivity index (χ4n) is 4.86. The summed E-state index contributed by atoms with van der Waals surface area (Å²) < 4.78 is 25.1. The van der Waals surface area contributed by atoms with Gasteiger partial charge >= 0.3 is 6.03 Å². The summed E-state index contributed by atoms with van der Waals surface area (Å²) in [5.41, 5.74) is 1.08. The summed E-state index contributed by atoms with van der Waals surface area (Å²) in [5.74, 6) is -1.12. The average molecular weight is 557 g/mol. The Hall–Kier alpha value is -3.70. The Morgan fingerprint density at radius 1 is 1.15 bits per heavy atom. The van der Waals surface area contributed by atoms with Crippen molar-refractivity contribution in [2.45, 2.75) is 38.8 Å². The first-order valence-corrected chi connectivity index (χ1v) is 13.6. The van der Waals surface area contributed by atoms with Crippen LogP contribution in [0.3, 0.4) is 0 Å². The summed E-state index contributed by atoms with van der Waals surface area (Å²) in [6, 6.07) is 9.61. The first kappa shape index (κ1) is 29.3. The fourth-order valence-corrected chi connectivity index (χ4v) is 4.86. The van der Waals surface area contributed by atoms with Crippen LogP contribution in [0.2, 0.25) is 0 Å². The number of benzene rings is 2. The molecule has 40 heavy (non-hydrogen) atoms. The van der Waals surface area contributed by atoms with E-state index in [1.54, 1.807) is 37.1 Å². The van der Waals surface area contributed by atoms with E-state index in [0.29, 0.717) is 37.4 Å². The van der Waals surface area contributed by atoms with Gasteiger partial charge in [0.2, 0.25) is 5.91 Å². The number of amides is 4. The van der Waals surface area contributed by atoms with Crippen molar-refractivity contribution in [2.75, 3.05) is 50.6 Å². The number of likely N-dealkylation sites (N-methyl/N-ethyl adjacent to an activating group) is 1. The van der Waals surface area contributed by atoms with Crippen LogP contribution in [0.4, 0.5) is 20.6 Å². The molecule has 1 fully saturated rings. The summed E-state index contributed by atoms with van der Waals surface area (Å²) in [7, 11) is 1.62. The Balaban J connectivity index is 1.61. The van der Waals surface area contributed by atoms with Crippen molar-refractivity contribution < 1.29 is 33.4 Å². The number of carbonyl (C=O) groups is 3. The number of hydrogen-bond donors (Lipinski definition) is 3. The van der Waals surface area contributed by atoms with Gasteiger partial charge in [-0.05, 0) is 56.2 Å². The predicted octanol–water partition coefficient (Wildman–Crippen LogP) is 3.57. The zero-order valence-corrected chi connectivity index (χ0v) is 23.1. The summed E-state index contributed by atoms with van der Waals surface area (Å²) >= 11 is 0. The normalized spacial score (nSPS) is 20.4. The Bertz CT molecular complexity index is 1200. The third kappa shape index (κ3) is 6.89. The van der Waals surface area contributed by atoms with Gasteiger partial charge in [-0.1, -0.05) is 13.0 Å². The molecule has 0 aliphatic carbocycles. The van der Waals surface area contributed by atoms with Gasteiger partial charge in [-0.15, -0.1) is 0 Å². The second kappa shape index (κ2) is 13.1. The molecule has 10 nitrogen and oxygen atoms in total. The van der Waals surface area contributed by atoms with Gasteiger partial charge in [-0.3, -0.25) is 9.59 Å². The molecular formula is C29H37FN4O6. The van der Waals surface area contributed by atoms with Gasteiger partial charge in [0.05, 0.1) is 30.4 Å². The molecular weight excluding hydrogens is 519 g/mol. The molecule has 11 heteroatoms. The molecule has 0 unspecified atom stereocenters. The summed E-state index contributed by atoms with van der Waals surface area (Å²) in [6.45, 7) is 4.93. The maximum Gasteiger partial charge on any atom is 0.321 e.